The molecule has 0 saturated carbocycles. The van der Waals surface area contributed by atoms with Crippen LogP contribution in [0.2, 0.25) is 0 Å². The van der Waals surface area contributed by atoms with Crippen LogP contribution in [0.25, 0.3) is 0 Å². The van der Waals surface area contributed by atoms with Crippen LogP contribution in [0.3, 0.4) is 0 Å². The molecule has 1 amide bonds. The molecule has 0 bridgehead atoms. The molecule has 3 aromatic carbocycles. The molecule has 0 fully saturated rings. The number of nitrogens with zero attached hydrogens (tertiary/aromatic N) is 1. The van der Waals surface area contributed by atoms with Crippen LogP contribution in [0.5, 0.6) is 11.5 Å². The number of hydrogen-bond acceptors (Lipinski definition) is 3. The Morgan fingerprint density at radius 1 is 0.939 bits per heavy atom. The zero-order valence-corrected chi connectivity index (χ0v) is 20.3. The number of benzene rings is 3. The number of carbonyl (C=O) groups is 1. The second-order valence-electron chi connectivity index (χ2n) is 8.93. The van der Waals surface area contributed by atoms with Crippen LogP contribution in [0.4, 0.5) is 0 Å². The fraction of sp³-hybridized carbons (Fsp3) is 0.345. The number of methoxy groups -OCH3 is 2. The molecule has 1 aliphatic rings. The topological polar surface area (TPSA) is 38.8 Å². The molecule has 0 unspecified atom stereocenters. The number of aryl methyl sites for hydroxylation is 3. The third kappa shape index (κ3) is 4.61. The molecule has 1 heterocycles. The van der Waals surface area contributed by atoms with Crippen LogP contribution in [0, 0.1) is 20.8 Å². The Bertz CT molecular complexity index is 1130. The lowest BCUT2D eigenvalue weighted by Gasteiger charge is -2.38. The lowest BCUT2D eigenvalue weighted by Crippen LogP contribution is -2.40. The third-order valence-electron chi connectivity index (χ3n) is 6.74. The minimum atomic E-state index is -0.137. The van der Waals surface area contributed by atoms with Gasteiger partial charge in [-0.15, -0.1) is 0 Å². The summed E-state index contributed by atoms with van der Waals surface area (Å²) in [6.45, 7) is 7.09. The van der Waals surface area contributed by atoms with E-state index in [1.165, 1.54) is 27.8 Å². The second-order valence-corrected chi connectivity index (χ2v) is 8.93. The first-order valence-electron chi connectivity index (χ1n) is 11.6. The van der Waals surface area contributed by atoms with Gasteiger partial charge in [-0.1, -0.05) is 48.0 Å². The number of ether oxygens (including phenoxy) is 2. The predicted molar refractivity (Wildman–Crippen MR) is 132 cm³/mol. The summed E-state index contributed by atoms with van der Waals surface area (Å²) in [4.78, 5) is 15.6. The summed E-state index contributed by atoms with van der Waals surface area (Å²) in [7, 11) is 3.31. The summed E-state index contributed by atoms with van der Waals surface area (Å²) in [5.41, 5.74) is 8.51. The quantitative estimate of drug-likeness (QED) is 0.488. The van der Waals surface area contributed by atoms with Crippen LogP contribution >= 0.6 is 0 Å². The van der Waals surface area contributed by atoms with Gasteiger partial charge in [0, 0.05) is 13.0 Å². The van der Waals surface area contributed by atoms with Gasteiger partial charge in [0.05, 0.1) is 20.3 Å². The van der Waals surface area contributed by atoms with Crippen molar-refractivity contribution in [2.24, 2.45) is 0 Å². The molecule has 172 valence electrons. The summed E-state index contributed by atoms with van der Waals surface area (Å²) >= 11 is 0. The normalized spacial score (nSPS) is 15.2. The molecule has 0 N–H and O–H groups in total. The molecule has 33 heavy (non-hydrogen) atoms. The molecule has 4 heteroatoms. The van der Waals surface area contributed by atoms with Gasteiger partial charge < -0.3 is 14.4 Å². The lowest BCUT2D eigenvalue weighted by atomic mass is 9.87. The molecule has 1 atom stereocenters. The van der Waals surface area contributed by atoms with Crippen molar-refractivity contribution in [3.05, 3.63) is 93.5 Å². The fourth-order valence-corrected chi connectivity index (χ4v) is 5.19. The highest BCUT2D eigenvalue weighted by atomic mass is 16.5. The number of carbonyl (C=O) groups excluding carboxylic acids is 1. The van der Waals surface area contributed by atoms with Crippen molar-refractivity contribution in [1.82, 2.24) is 4.90 Å². The van der Waals surface area contributed by atoms with Crippen molar-refractivity contribution in [3.63, 3.8) is 0 Å². The molecule has 0 aliphatic carbocycles. The van der Waals surface area contributed by atoms with Gasteiger partial charge in [-0.25, -0.2) is 0 Å². The minimum Gasteiger partial charge on any atom is -0.493 e. The monoisotopic (exact) mass is 443 g/mol. The summed E-state index contributed by atoms with van der Waals surface area (Å²) in [6.07, 6.45) is 2.05. The largest absolute Gasteiger partial charge is 0.493 e. The Morgan fingerprint density at radius 3 is 2.21 bits per heavy atom. The molecular formula is C29H33NO3. The number of fused-ring (bicyclic) bond motifs is 1. The highest BCUT2D eigenvalue weighted by Gasteiger charge is 2.33. The zero-order valence-electron chi connectivity index (χ0n) is 20.3. The van der Waals surface area contributed by atoms with Crippen LogP contribution in [-0.2, 0) is 17.6 Å². The summed E-state index contributed by atoms with van der Waals surface area (Å²) < 4.78 is 11.1. The Morgan fingerprint density at radius 2 is 1.58 bits per heavy atom. The summed E-state index contributed by atoms with van der Waals surface area (Å²) in [6, 6.07) is 18.7. The maximum absolute atomic E-state index is 13.6. The van der Waals surface area contributed by atoms with E-state index in [0.717, 1.165) is 29.7 Å². The second kappa shape index (κ2) is 9.70. The van der Waals surface area contributed by atoms with E-state index < -0.39 is 0 Å². The number of rotatable bonds is 6. The van der Waals surface area contributed by atoms with E-state index in [9.17, 15) is 4.79 Å². The van der Waals surface area contributed by atoms with Gasteiger partial charge in [-0.3, -0.25) is 4.79 Å². The van der Waals surface area contributed by atoms with Crippen LogP contribution in [0.1, 0.15) is 51.4 Å². The maximum atomic E-state index is 13.6. The molecule has 4 nitrogen and oxygen atoms in total. The smallest absolute Gasteiger partial charge is 0.223 e. The van der Waals surface area contributed by atoms with Crippen molar-refractivity contribution >= 4 is 5.91 Å². The summed E-state index contributed by atoms with van der Waals surface area (Å²) in [5.74, 6) is 1.61. The van der Waals surface area contributed by atoms with E-state index in [2.05, 4.69) is 51.1 Å². The van der Waals surface area contributed by atoms with Crippen molar-refractivity contribution in [2.45, 2.75) is 46.1 Å². The average molecular weight is 444 g/mol. The van der Waals surface area contributed by atoms with Crippen LogP contribution < -0.4 is 9.47 Å². The van der Waals surface area contributed by atoms with E-state index in [-0.39, 0.29) is 11.9 Å². The molecular weight excluding hydrogens is 410 g/mol. The Kier molecular flexibility index (Phi) is 6.73. The standard InChI is InChI=1S/C29H33NO3/c1-19-15-20(2)24(21(3)16-19)11-12-28(31)30-14-13-23-17-26(32-4)27(33-5)18-25(23)29(30)22-9-7-6-8-10-22/h6-10,15-18,29H,11-14H2,1-5H3/t29-/m0/s1. The first kappa shape index (κ1) is 22.9. The molecule has 0 aromatic heterocycles. The van der Waals surface area contributed by atoms with Gasteiger partial charge in [0.1, 0.15) is 0 Å². The molecule has 1 aliphatic heterocycles. The highest BCUT2D eigenvalue weighted by Crippen LogP contribution is 2.41. The van der Waals surface area contributed by atoms with Gasteiger partial charge in [-0.2, -0.15) is 0 Å². The Hall–Kier alpha value is -3.27. The molecule has 3 aromatic rings. The molecule has 4 rings (SSSR count). The number of amides is 1. The zero-order chi connectivity index (χ0) is 23.5. The molecule has 0 saturated heterocycles. The summed E-state index contributed by atoms with van der Waals surface area (Å²) in [5, 5.41) is 0. The Labute approximate surface area is 197 Å². The fourth-order valence-electron chi connectivity index (χ4n) is 5.19. The minimum absolute atomic E-state index is 0.137. The highest BCUT2D eigenvalue weighted by molar-refractivity contribution is 5.78. The lowest BCUT2D eigenvalue weighted by molar-refractivity contribution is -0.133. The molecule has 0 spiro atoms. The van der Waals surface area contributed by atoms with Crippen LogP contribution in [0.15, 0.2) is 54.6 Å². The van der Waals surface area contributed by atoms with E-state index in [4.69, 9.17) is 9.47 Å². The predicted octanol–water partition coefficient (Wildman–Crippen LogP) is 5.74. The first-order chi connectivity index (χ1) is 15.9. The van der Waals surface area contributed by atoms with Gasteiger partial charge >= 0.3 is 0 Å². The van der Waals surface area contributed by atoms with Crippen molar-refractivity contribution in [1.29, 1.82) is 0 Å². The first-order valence-corrected chi connectivity index (χ1v) is 11.6. The van der Waals surface area contributed by atoms with Crippen molar-refractivity contribution < 1.29 is 14.3 Å². The van der Waals surface area contributed by atoms with Gasteiger partial charge in [0.25, 0.3) is 0 Å². The van der Waals surface area contributed by atoms with E-state index in [1.807, 2.05) is 29.2 Å². The molecule has 0 radical (unpaired) electrons. The van der Waals surface area contributed by atoms with E-state index in [0.29, 0.717) is 18.7 Å². The van der Waals surface area contributed by atoms with Crippen molar-refractivity contribution in [2.75, 3.05) is 20.8 Å². The van der Waals surface area contributed by atoms with Crippen molar-refractivity contribution in [3.8, 4) is 11.5 Å². The number of hydrogen-bond donors (Lipinski definition) is 0. The third-order valence-corrected chi connectivity index (χ3v) is 6.74. The Balaban J connectivity index is 1.67. The average Bonchev–Trinajstić information content (AvgIpc) is 2.82. The van der Waals surface area contributed by atoms with Gasteiger partial charge in [0.2, 0.25) is 5.91 Å². The SMILES string of the molecule is COc1cc2c(cc1OC)[C@H](c1ccccc1)N(C(=O)CCc1c(C)cc(C)cc1C)CC2. The van der Waals surface area contributed by atoms with Crippen LogP contribution in [-0.4, -0.2) is 31.6 Å². The van der Waals surface area contributed by atoms with Gasteiger partial charge in [0.15, 0.2) is 11.5 Å². The van der Waals surface area contributed by atoms with Gasteiger partial charge in [-0.05, 0) is 79.1 Å². The maximum Gasteiger partial charge on any atom is 0.223 e. The van der Waals surface area contributed by atoms with E-state index >= 15 is 0 Å². The van der Waals surface area contributed by atoms with E-state index in [1.54, 1.807) is 14.2 Å².